The molecule has 1 N–H and O–H groups in total. The minimum atomic E-state index is -0.898. The fourth-order valence-corrected chi connectivity index (χ4v) is 3.69. The first-order chi connectivity index (χ1) is 9.99. The number of aliphatic hydroxyl groups is 1. The zero-order chi connectivity index (χ0) is 15.1. The van der Waals surface area contributed by atoms with Crippen LogP contribution in [0.15, 0.2) is 24.3 Å². The molecular formula is C15H18N2O4. The molecule has 6 heteroatoms. The number of hydrogen-bond donors (Lipinski definition) is 1. The van der Waals surface area contributed by atoms with Gasteiger partial charge in [-0.25, -0.2) is 0 Å². The summed E-state index contributed by atoms with van der Waals surface area (Å²) in [6, 6.07) is 6.19. The van der Waals surface area contributed by atoms with Gasteiger partial charge in [-0.1, -0.05) is 0 Å². The zero-order valence-corrected chi connectivity index (χ0v) is 11.8. The third-order valence-electron chi connectivity index (χ3n) is 4.90. The van der Waals surface area contributed by atoms with Crippen molar-refractivity contribution in [2.75, 3.05) is 7.05 Å². The van der Waals surface area contributed by atoms with E-state index in [1.807, 2.05) is 7.05 Å². The number of aliphatic hydroxyl groups excluding tert-OH is 1. The maximum atomic E-state index is 12.3. The van der Waals surface area contributed by atoms with Crippen LogP contribution in [0, 0.1) is 16.0 Å². The molecule has 2 aliphatic rings. The number of nitro benzene ring substituents is 1. The summed E-state index contributed by atoms with van der Waals surface area (Å²) in [7, 11) is 2.00. The van der Waals surface area contributed by atoms with Gasteiger partial charge in [0.25, 0.3) is 5.69 Å². The van der Waals surface area contributed by atoms with Crippen LogP contribution in [0.4, 0.5) is 5.69 Å². The number of piperidine rings is 1. The molecule has 2 aliphatic heterocycles. The maximum Gasteiger partial charge on any atom is 0.269 e. The summed E-state index contributed by atoms with van der Waals surface area (Å²) in [6.07, 6.45) is 1.50. The molecule has 2 fully saturated rings. The van der Waals surface area contributed by atoms with Crippen molar-refractivity contribution >= 4 is 11.5 Å². The Morgan fingerprint density at radius 1 is 1.33 bits per heavy atom. The molecule has 2 saturated heterocycles. The molecule has 3 rings (SSSR count). The van der Waals surface area contributed by atoms with E-state index in [9.17, 15) is 20.0 Å². The second-order valence-corrected chi connectivity index (χ2v) is 5.95. The highest BCUT2D eigenvalue weighted by atomic mass is 16.6. The van der Waals surface area contributed by atoms with E-state index < -0.39 is 16.9 Å². The average molecular weight is 290 g/mol. The number of fused-ring (bicyclic) bond motifs is 2. The molecule has 1 aromatic rings. The number of carbonyl (C=O) groups is 1. The van der Waals surface area contributed by atoms with Crippen LogP contribution < -0.4 is 0 Å². The third-order valence-corrected chi connectivity index (χ3v) is 4.90. The van der Waals surface area contributed by atoms with Crippen molar-refractivity contribution in [3.63, 3.8) is 0 Å². The Morgan fingerprint density at radius 3 is 2.62 bits per heavy atom. The van der Waals surface area contributed by atoms with Crippen molar-refractivity contribution in [3.05, 3.63) is 39.9 Å². The number of nitrogens with zero attached hydrogens (tertiary/aromatic N) is 2. The van der Waals surface area contributed by atoms with Crippen molar-refractivity contribution in [3.8, 4) is 0 Å². The first kappa shape index (κ1) is 14.2. The summed E-state index contributed by atoms with van der Waals surface area (Å²) in [5.41, 5.74) is 0.552. The summed E-state index contributed by atoms with van der Waals surface area (Å²) >= 11 is 0. The highest BCUT2D eigenvalue weighted by molar-refractivity contribution is 5.84. The van der Waals surface area contributed by atoms with E-state index in [1.54, 1.807) is 0 Å². The van der Waals surface area contributed by atoms with E-state index in [1.165, 1.54) is 24.3 Å². The van der Waals surface area contributed by atoms with Crippen LogP contribution >= 0.6 is 0 Å². The number of ketones is 1. The number of hydrogen-bond acceptors (Lipinski definition) is 5. The number of benzene rings is 1. The Kier molecular flexibility index (Phi) is 3.51. The molecule has 0 radical (unpaired) electrons. The van der Waals surface area contributed by atoms with E-state index in [-0.39, 0.29) is 17.5 Å². The van der Waals surface area contributed by atoms with Gasteiger partial charge in [-0.2, -0.15) is 0 Å². The smallest absolute Gasteiger partial charge is 0.269 e. The van der Waals surface area contributed by atoms with Crippen LogP contribution in [0.2, 0.25) is 0 Å². The molecule has 0 saturated carbocycles. The lowest BCUT2D eigenvalue weighted by molar-refractivity contribution is -0.384. The SMILES string of the molecule is CN1[C@H]2CC[C@@H]1[C@@H]([C@H](O)c1ccc([N+](=O)[O-])cc1)C(=O)C2. The Balaban J connectivity index is 1.85. The maximum absolute atomic E-state index is 12.3. The van der Waals surface area contributed by atoms with Gasteiger partial charge in [-0.15, -0.1) is 0 Å². The van der Waals surface area contributed by atoms with E-state index >= 15 is 0 Å². The zero-order valence-electron chi connectivity index (χ0n) is 11.8. The fraction of sp³-hybridized carbons (Fsp3) is 0.533. The van der Waals surface area contributed by atoms with Crippen LogP contribution in [-0.2, 0) is 4.79 Å². The topological polar surface area (TPSA) is 83.7 Å². The van der Waals surface area contributed by atoms with E-state index in [0.29, 0.717) is 18.0 Å². The summed E-state index contributed by atoms with van der Waals surface area (Å²) in [6.45, 7) is 0. The lowest BCUT2D eigenvalue weighted by Gasteiger charge is -2.38. The first-order valence-electron chi connectivity index (χ1n) is 7.16. The number of carbonyl (C=O) groups excluding carboxylic acids is 1. The minimum absolute atomic E-state index is 0.0148. The molecule has 0 aliphatic carbocycles. The molecule has 0 aromatic heterocycles. The van der Waals surface area contributed by atoms with Crippen LogP contribution in [0.3, 0.4) is 0 Å². The van der Waals surface area contributed by atoms with Crippen molar-refractivity contribution in [2.24, 2.45) is 5.92 Å². The number of Topliss-reactive ketones (excluding diaryl/α,β-unsaturated/α-hetero) is 1. The molecule has 0 amide bonds. The third kappa shape index (κ3) is 2.34. The average Bonchev–Trinajstić information content (AvgIpc) is 2.71. The standard InChI is InChI=1S/C15H18N2O4/c1-16-11-6-7-12(16)14(13(18)8-11)15(19)9-2-4-10(5-3-9)17(20)21/h2-5,11-12,14-15,19H,6-8H2,1H3/t11-,12+,14+,15+/m0/s1. The Labute approximate surface area is 122 Å². The van der Waals surface area contributed by atoms with E-state index in [2.05, 4.69) is 4.90 Å². The van der Waals surface area contributed by atoms with E-state index in [4.69, 9.17) is 0 Å². The van der Waals surface area contributed by atoms with Crippen molar-refractivity contribution in [1.82, 2.24) is 4.90 Å². The van der Waals surface area contributed by atoms with Crippen molar-refractivity contribution < 1.29 is 14.8 Å². The summed E-state index contributed by atoms with van der Waals surface area (Å²) in [4.78, 5) is 24.7. The quantitative estimate of drug-likeness (QED) is 0.676. The summed E-state index contributed by atoms with van der Waals surface area (Å²) in [5.74, 6) is -0.332. The largest absolute Gasteiger partial charge is 0.388 e. The summed E-state index contributed by atoms with van der Waals surface area (Å²) < 4.78 is 0. The first-order valence-corrected chi connectivity index (χ1v) is 7.16. The molecule has 21 heavy (non-hydrogen) atoms. The highest BCUT2D eigenvalue weighted by Crippen LogP contribution is 2.41. The number of non-ortho nitro benzene ring substituents is 1. The lowest BCUT2D eigenvalue weighted by atomic mass is 9.82. The van der Waals surface area contributed by atoms with Crippen molar-refractivity contribution in [2.45, 2.75) is 37.5 Å². The van der Waals surface area contributed by atoms with Gasteiger partial charge in [-0.05, 0) is 37.6 Å². The Morgan fingerprint density at radius 2 is 2.00 bits per heavy atom. The van der Waals surface area contributed by atoms with Crippen LogP contribution in [0.25, 0.3) is 0 Å². The van der Waals surface area contributed by atoms with Crippen molar-refractivity contribution in [1.29, 1.82) is 0 Å². The van der Waals surface area contributed by atoms with Gasteiger partial charge in [0.05, 0.1) is 16.9 Å². The van der Waals surface area contributed by atoms with Gasteiger partial charge in [0.15, 0.2) is 0 Å². The Bertz CT molecular complexity index is 572. The predicted molar refractivity (Wildman–Crippen MR) is 75.7 cm³/mol. The fourth-order valence-electron chi connectivity index (χ4n) is 3.69. The minimum Gasteiger partial charge on any atom is -0.388 e. The van der Waals surface area contributed by atoms with Gasteiger partial charge in [0.2, 0.25) is 0 Å². The second-order valence-electron chi connectivity index (χ2n) is 5.95. The Hall–Kier alpha value is -1.79. The summed E-state index contributed by atoms with van der Waals surface area (Å²) in [5, 5.41) is 21.2. The normalized spacial score (nSPS) is 30.4. The lowest BCUT2D eigenvalue weighted by Crippen LogP contribution is -2.49. The molecular weight excluding hydrogens is 272 g/mol. The molecule has 6 nitrogen and oxygen atoms in total. The second kappa shape index (κ2) is 5.20. The number of nitro groups is 1. The van der Waals surface area contributed by atoms with Gasteiger partial charge in [-0.3, -0.25) is 19.8 Å². The molecule has 112 valence electrons. The molecule has 4 atom stereocenters. The predicted octanol–water partition coefficient (Wildman–Crippen LogP) is 1.68. The molecule has 1 aromatic carbocycles. The highest BCUT2D eigenvalue weighted by Gasteiger charge is 2.47. The van der Waals surface area contributed by atoms with Crippen LogP contribution in [0.5, 0.6) is 0 Å². The number of rotatable bonds is 3. The van der Waals surface area contributed by atoms with E-state index in [0.717, 1.165) is 12.8 Å². The van der Waals surface area contributed by atoms with Crippen LogP contribution in [-0.4, -0.2) is 39.8 Å². The van der Waals surface area contributed by atoms with Gasteiger partial charge in [0, 0.05) is 30.6 Å². The molecule has 2 heterocycles. The molecule has 0 unspecified atom stereocenters. The van der Waals surface area contributed by atoms with Crippen LogP contribution in [0.1, 0.15) is 30.9 Å². The van der Waals surface area contributed by atoms with Gasteiger partial charge in [0.1, 0.15) is 5.78 Å². The molecule has 0 spiro atoms. The molecule has 2 bridgehead atoms. The van der Waals surface area contributed by atoms with Gasteiger partial charge >= 0.3 is 0 Å². The van der Waals surface area contributed by atoms with Gasteiger partial charge < -0.3 is 5.11 Å². The monoisotopic (exact) mass is 290 g/mol.